The van der Waals surface area contributed by atoms with Gasteiger partial charge in [-0.2, -0.15) is 0 Å². The van der Waals surface area contributed by atoms with E-state index in [-0.39, 0.29) is 49.2 Å². The van der Waals surface area contributed by atoms with Crippen LogP contribution < -0.4 is 15.4 Å². The number of benzene rings is 1. The lowest BCUT2D eigenvalue weighted by Crippen LogP contribution is -2.53. The van der Waals surface area contributed by atoms with Crippen LogP contribution in [0, 0.1) is 0 Å². The summed E-state index contributed by atoms with van der Waals surface area (Å²) in [4.78, 5) is 38.3. The van der Waals surface area contributed by atoms with Crippen molar-refractivity contribution in [2.45, 2.75) is 50.9 Å². The number of urea groups is 1. The van der Waals surface area contributed by atoms with Crippen molar-refractivity contribution in [1.29, 1.82) is 0 Å². The van der Waals surface area contributed by atoms with Gasteiger partial charge in [0.1, 0.15) is 18.5 Å². The van der Waals surface area contributed by atoms with E-state index < -0.39 is 0 Å². The Morgan fingerprint density at radius 1 is 1.30 bits per heavy atom. The molecule has 0 saturated carbocycles. The van der Waals surface area contributed by atoms with Crippen LogP contribution in [0.1, 0.15) is 43.0 Å². The minimum absolute atomic E-state index is 0.163. The van der Waals surface area contributed by atoms with Gasteiger partial charge in [-0.1, -0.05) is 6.92 Å². The highest BCUT2D eigenvalue weighted by Crippen LogP contribution is 2.32. The van der Waals surface area contributed by atoms with Crippen molar-refractivity contribution in [3.05, 3.63) is 23.8 Å². The maximum atomic E-state index is 13.1. The Balaban J connectivity index is 1.74. The number of rotatable bonds is 5. The number of fused-ring (bicyclic) bond motifs is 2. The van der Waals surface area contributed by atoms with E-state index in [9.17, 15) is 14.4 Å². The van der Waals surface area contributed by atoms with Gasteiger partial charge in [-0.3, -0.25) is 9.59 Å². The third kappa shape index (κ3) is 5.02. The number of amides is 3. The fraction of sp³-hybridized carbons (Fsp3) is 0.571. The zero-order valence-electron chi connectivity index (χ0n) is 17.6. The molecule has 0 radical (unpaired) electrons. The van der Waals surface area contributed by atoms with Crippen molar-refractivity contribution in [3.63, 3.8) is 0 Å². The van der Waals surface area contributed by atoms with E-state index >= 15 is 0 Å². The second-order valence-electron chi connectivity index (χ2n) is 7.54. The number of ether oxygens (including phenoxy) is 3. The molecule has 1 aromatic carbocycles. The van der Waals surface area contributed by atoms with E-state index in [4.69, 9.17) is 14.2 Å². The number of esters is 1. The van der Waals surface area contributed by atoms with Crippen molar-refractivity contribution in [1.82, 2.24) is 10.2 Å². The Kier molecular flexibility index (Phi) is 7.15. The lowest BCUT2D eigenvalue weighted by atomic mass is 9.94. The molecule has 2 aliphatic rings. The van der Waals surface area contributed by atoms with Gasteiger partial charge in [0.05, 0.1) is 31.2 Å². The number of nitrogens with one attached hydrogen (secondary N) is 2. The van der Waals surface area contributed by atoms with E-state index in [0.29, 0.717) is 36.4 Å². The first-order valence-corrected chi connectivity index (χ1v) is 10.2. The molecule has 3 atom stereocenters. The molecule has 0 spiro atoms. The van der Waals surface area contributed by atoms with Crippen LogP contribution >= 0.6 is 0 Å². The van der Waals surface area contributed by atoms with Gasteiger partial charge in [-0.25, -0.2) is 4.79 Å². The van der Waals surface area contributed by atoms with E-state index in [1.807, 2.05) is 6.92 Å². The predicted octanol–water partition coefficient (Wildman–Crippen LogP) is 2.16. The van der Waals surface area contributed by atoms with Gasteiger partial charge in [-0.05, 0) is 37.5 Å². The average molecular weight is 419 g/mol. The standard InChI is InChI=1S/C21H29N3O6/c1-4-9-22-21(27)23-13-5-8-17-15(10-13)20(26)24(2)16-7-6-14(11-19(25)28-3)30-18(16)12-29-17/h5,8,10,14,16,18H,4,6-7,9,11-12H2,1-3H3,(H2,22,23,27)/t14-,16+,18+/m0/s1. The summed E-state index contributed by atoms with van der Waals surface area (Å²) in [6, 6.07) is 4.51. The number of anilines is 1. The minimum Gasteiger partial charge on any atom is -0.490 e. The Bertz CT molecular complexity index is 799. The monoisotopic (exact) mass is 419 g/mol. The number of hydrogen-bond acceptors (Lipinski definition) is 6. The highest BCUT2D eigenvalue weighted by molar-refractivity contribution is 5.99. The minimum atomic E-state index is -0.340. The van der Waals surface area contributed by atoms with Crippen molar-refractivity contribution in [2.24, 2.45) is 0 Å². The van der Waals surface area contributed by atoms with Gasteiger partial charge in [0.25, 0.3) is 5.91 Å². The molecular weight excluding hydrogens is 390 g/mol. The fourth-order valence-corrected chi connectivity index (χ4v) is 3.79. The van der Waals surface area contributed by atoms with Gasteiger partial charge in [0, 0.05) is 19.3 Å². The van der Waals surface area contributed by atoms with Gasteiger partial charge < -0.3 is 29.7 Å². The SMILES string of the molecule is CCCNC(=O)Nc1ccc2c(c1)C(=O)N(C)[C@@H]1CC[C@@H](CC(=O)OC)O[C@@H]1CO2. The molecule has 164 valence electrons. The van der Waals surface area contributed by atoms with Crippen LogP contribution in [-0.4, -0.2) is 68.4 Å². The zero-order chi connectivity index (χ0) is 21.7. The summed E-state index contributed by atoms with van der Waals surface area (Å²) in [7, 11) is 3.10. The third-order valence-corrected chi connectivity index (χ3v) is 5.43. The summed E-state index contributed by atoms with van der Waals surface area (Å²) in [6.45, 7) is 2.80. The number of methoxy groups -OCH3 is 1. The summed E-state index contributed by atoms with van der Waals surface area (Å²) in [5.74, 6) is -0.0844. The Labute approximate surface area is 176 Å². The molecule has 0 aliphatic carbocycles. The van der Waals surface area contributed by atoms with Crippen LogP contribution in [0.5, 0.6) is 5.75 Å². The van der Waals surface area contributed by atoms with E-state index in [2.05, 4.69) is 10.6 Å². The van der Waals surface area contributed by atoms with E-state index in [0.717, 1.165) is 6.42 Å². The maximum Gasteiger partial charge on any atom is 0.319 e. The van der Waals surface area contributed by atoms with Gasteiger partial charge >= 0.3 is 12.0 Å². The predicted molar refractivity (Wildman–Crippen MR) is 110 cm³/mol. The van der Waals surface area contributed by atoms with Gasteiger partial charge in [-0.15, -0.1) is 0 Å². The maximum absolute atomic E-state index is 13.1. The first-order valence-electron chi connectivity index (χ1n) is 10.2. The van der Waals surface area contributed by atoms with Crippen molar-refractivity contribution in [3.8, 4) is 5.75 Å². The summed E-state index contributed by atoms with van der Waals surface area (Å²) in [5, 5.41) is 5.48. The van der Waals surface area contributed by atoms with E-state index in [1.54, 1.807) is 30.1 Å². The second-order valence-corrected chi connectivity index (χ2v) is 7.54. The fourth-order valence-electron chi connectivity index (χ4n) is 3.79. The Hall–Kier alpha value is -2.81. The third-order valence-electron chi connectivity index (χ3n) is 5.43. The van der Waals surface area contributed by atoms with Gasteiger partial charge in [0.2, 0.25) is 0 Å². The highest BCUT2D eigenvalue weighted by atomic mass is 16.5. The lowest BCUT2D eigenvalue weighted by molar-refractivity contribution is -0.151. The average Bonchev–Trinajstić information content (AvgIpc) is 2.75. The van der Waals surface area contributed by atoms with Crippen LogP contribution in [-0.2, 0) is 14.3 Å². The quantitative estimate of drug-likeness (QED) is 0.709. The molecule has 0 bridgehead atoms. The molecular formula is C21H29N3O6. The molecule has 0 unspecified atom stereocenters. The van der Waals surface area contributed by atoms with Crippen LogP contribution in [0.3, 0.4) is 0 Å². The largest absolute Gasteiger partial charge is 0.490 e. The second kappa shape index (κ2) is 9.80. The van der Waals surface area contributed by atoms with Crippen molar-refractivity contribution < 1.29 is 28.6 Å². The first-order chi connectivity index (χ1) is 14.4. The molecule has 1 saturated heterocycles. The molecule has 2 N–H and O–H groups in total. The topological polar surface area (TPSA) is 106 Å². The normalized spacial score (nSPS) is 23.2. The molecule has 2 heterocycles. The number of likely N-dealkylation sites (N-methyl/N-ethyl adjacent to an activating group) is 1. The molecule has 3 amide bonds. The summed E-state index contributed by atoms with van der Waals surface area (Å²) in [5.41, 5.74) is 0.906. The zero-order valence-corrected chi connectivity index (χ0v) is 17.6. The molecule has 9 heteroatoms. The van der Waals surface area contributed by atoms with E-state index in [1.165, 1.54) is 7.11 Å². The first kappa shape index (κ1) is 21.9. The molecule has 3 rings (SSSR count). The van der Waals surface area contributed by atoms with Crippen molar-refractivity contribution >= 4 is 23.6 Å². The van der Waals surface area contributed by atoms with Crippen LogP contribution in [0.4, 0.5) is 10.5 Å². The molecule has 1 fully saturated rings. The molecule has 0 aromatic heterocycles. The number of nitrogens with zero attached hydrogens (tertiary/aromatic N) is 1. The molecule has 1 aromatic rings. The number of carbonyl (C=O) groups is 3. The number of hydrogen-bond donors (Lipinski definition) is 2. The molecule has 2 aliphatic heterocycles. The van der Waals surface area contributed by atoms with Crippen LogP contribution in [0.25, 0.3) is 0 Å². The van der Waals surface area contributed by atoms with Crippen LogP contribution in [0.15, 0.2) is 18.2 Å². The van der Waals surface area contributed by atoms with Crippen molar-refractivity contribution in [2.75, 3.05) is 32.6 Å². The lowest BCUT2D eigenvalue weighted by Gasteiger charge is -2.42. The summed E-state index contributed by atoms with van der Waals surface area (Å²) in [6.07, 6.45) is 1.78. The highest BCUT2D eigenvalue weighted by Gasteiger charge is 2.39. The number of carbonyl (C=O) groups excluding carboxylic acids is 3. The molecule has 30 heavy (non-hydrogen) atoms. The van der Waals surface area contributed by atoms with Crippen LogP contribution in [0.2, 0.25) is 0 Å². The summed E-state index contributed by atoms with van der Waals surface area (Å²) >= 11 is 0. The smallest absolute Gasteiger partial charge is 0.319 e. The molecule has 9 nitrogen and oxygen atoms in total. The van der Waals surface area contributed by atoms with Gasteiger partial charge in [0.15, 0.2) is 0 Å². The Morgan fingerprint density at radius 2 is 2.10 bits per heavy atom. The Morgan fingerprint density at radius 3 is 2.83 bits per heavy atom. The summed E-state index contributed by atoms with van der Waals surface area (Å²) < 4.78 is 16.7.